The molecule has 1 unspecified atom stereocenters. The van der Waals surface area contributed by atoms with E-state index in [0.717, 1.165) is 24.7 Å². The number of fused-ring (bicyclic) bond motifs is 1. The van der Waals surface area contributed by atoms with Crippen LogP contribution in [0.2, 0.25) is 0 Å². The summed E-state index contributed by atoms with van der Waals surface area (Å²) in [4.78, 5) is 23.2. The highest BCUT2D eigenvalue weighted by atomic mass is 16.2. The lowest BCUT2D eigenvalue weighted by Gasteiger charge is -2.16. The minimum atomic E-state index is -0.243. The lowest BCUT2D eigenvalue weighted by Crippen LogP contribution is -2.31. The molecule has 1 atom stereocenters. The minimum Gasteiger partial charge on any atom is -0.331 e. The summed E-state index contributed by atoms with van der Waals surface area (Å²) in [6, 6.07) is 13.3. The van der Waals surface area contributed by atoms with Crippen molar-refractivity contribution in [2.24, 2.45) is 0 Å². The zero-order chi connectivity index (χ0) is 15.5. The fraction of sp³-hybridized carbons (Fsp3) is 0.222. The number of rotatable bonds is 3. The third-order valence-electron chi connectivity index (χ3n) is 4.19. The lowest BCUT2D eigenvalue weighted by atomic mass is 10.1. The van der Waals surface area contributed by atoms with Crippen molar-refractivity contribution >= 4 is 18.0 Å². The van der Waals surface area contributed by atoms with Gasteiger partial charge in [-0.3, -0.25) is 4.79 Å². The van der Waals surface area contributed by atoms with Crippen LogP contribution in [-0.2, 0) is 6.42 Å². The van der Waals surface area contributed by atoms with Gasteiger partial charge in [0, 0.05) is 11.3 Å². The van der Waals surface area contributed by atoms with E-state index < -0.39 is 0 Å². The molecule has 0 aromatic heterocycles. The molecule has 2 aromatic carbocycles. The van der Waals surface area contributed by atoms with Crippen molar-refractivity contribution in [2.45, 2.75) is 25.8 Å². The Hall–Kier alpha value is -2.62. The third-order valence-corrected chi connectivity index (χ3v) is 4.19. The SMILES string of the molecule is Cc1c(C=O)cccc1NC(=O)NC1CCc2ccccc21. The Kier molecular flexibility index (Phi) is 3.92. The van der Waals surface area contributed by atoms with Crippen LogP contribution in [0.15, 0.2) is 42.5 Å². The second-order valence-electron chi connectivity index (χ2n) is 5.53. The molecular weight excluding hydrogens is 276 g/mol. The van der Waals surface area contributed by atoms with Gasteiger partial charge in [-0.25, -0.2) is 4.79 Å². The molecule has 1 aliphatic rings. The zero-order valence-corrected chi connectivity index (χ0v) is 12.4. The standard InChI is InChI=1S/C18H18N2O2/c1-12-14(11-21)6-4-8-16(12)19-18(22)20-17-10-9-13-5-2-3-7-15(13)17/h2-8,11,17H,9-10H2,1H3,(H2,19,20,22). The molecule has 2 aromatic rings. The van der Waals surface area contributed by atoms with Crippen LogP contribution in [0.5, 0.6) is 0 Å². The number of hydrogen-bond acceptors (Lipinski definition) is 2. The molecule has 0 aliphatic heterocycles. The van der Waals surface area contributed by atoms with Crippen molar-refractivity contribution in [2.75, 3.05) is 5.32 Å². The van der Waals surface area contributed by atoms with Gasteiger partial charge in [0.15, 0.2) is 0 Å². The number of hydrogen-bond donors (Lipinski definition) is 2. The molecule has 4 nitrogen and oxygen atoms in total. The molecular formula is C18H18N2O2. The molecule has 0 saturated carbocycles. The Morgan fingerprint density at radius 2 is 2.00 bits per heavy atom. The number of carbonyl (C=O) groups is 2. The summed E-state index contributed by atoms with van der Waals surface area (Å²) >= 11 is 0. The van der Waals surface area contributed by atoms with Gasteiger partial charge < -0.3 is 10.6 Å². The van der Waals surface area contributed by atoms with Gasteiger partial charge in [-0.05, 0) is 42.5 Å². The molecule has 2 amide bonds. The second-order valence-corrected chi connectivity index (χ2v) is 5.53. The number of urea groups is 1. The molecule has 0 radical (unpaired) electrons. The Balaban J connectivity index is 1.71. The Labute approximate surface area is 129 Å². The summed E-state index contributed by atoms with van der Waals surface area (Å²) in [7, 11) is 0. The molecule has 4 heteroatoms. The van der Waals surface area contributed by atoms with E-state index >= 15 is 0 Å². The molecule has 1 aliphatic carbocycles. The first-order chi connectivity index (χ1) is 10.7. The van der Waals surface area contributed by atoms with Crippen molar-refractivity contribution in [1.82, 2.24) is 5.32 Å². The van der Waals surface area contributed by atoms with Gasteiger partial charge in [0.1, 0.15) is 6.29 Å². The molecule has 112 valence electrons. The highest BCUT2D eigenvalue weighted by Gasteiger charge is 2.23. The van der Waals surface area contributed by atoms with Crippen LogP contribution in [0.4, 0.5) is 10.5 Å². The predicted octanol–water partition coefficient (Wildman–Crippen LogP) is 3.62. The van der Waals surface area contributed by atoms with Crippen LogP contribution in [0.25, 0.3) is 0 Å². The van der Waals surface area contributed by atoms with Crippen LogP contribution < -0.4 is 10.6 Å². The molecule has 0 saturated heterocycles. The zero-order valence-electron chi connectivity index (χ0n) is 12.4. The van der Waals surface area contributed by atoms with Crippen LogP contribution in [-0.4, -0.2) is 12.3 Å². The van der Waals surface area contributed by atoms with Crippen molar-refractivity contribution in [3.63, 3.8) is 0 Å². The van der Waals surface area contributed by atoms with Gasteiger partial charge in [0.25, 0.3) is 0 Å². The van der Waals surface area contributed by atoms with Crippen LogP contribution >= 0.6 is 0 Å². The molecule has 0 heterocycles. The molecule has 0 spiro atoms. The van der Waals surface area contributed by atoms with Crippen molar-refractivity contribution in [3.05, 3.63) is 64.7 Å². The largest absolute Gasteiger partial charge is 0.331 e. The number of nitrogens with one attached hydrogen (secondary N) is 2. The third kappa shape index (κ3) is 2.72. The first-order valence-electron chi connectivity index (χ1n) is 7.39. The van der Waals surface area contributed by atoms with Crippen molar-refractivity contribution < 1.29 is 9.59 Å². The number of aldehydes is 1. The van der Waals surface area contributed by atoms with E-state index in [2.05, 4.69) is 22.8 Å². The minimum absolute atomic E-state index is 0.0470. The van der Waals surface area contributed by atoms with Gasteiger partial charge in [-0.1, -0.05) is 36.4 Å². The van der Waals surface area contributed by atoms with E-state index in [1.54, 1.807) is 18.2 Å². The number of amides is 2. The summed E-state index contributed by atoms with van der Waals surface area (Å²) < 4.78 is 0. The van der Waals surface area contributed by atoms with E-state index in [1.165, 1.54) is 11.1 Å². The molecule has 2 N–H and O–H groups in total. The molecule has 0 fully saturated rings. The summed E-state index contributed by atoms with van der Waals surface area (Å²) in [5.74, 6) is 0. The summed E-state index contributed by atoms with van der Waals surface area (Å²) in [5.41, 5.74) is 4.51. The Bertz CT molecular complexity index is 725. The van der Waals surface area contributed by atoms with Gasteiger partial charge in [-0.15, -0.1) is 0 Å². The lowest BCUT2D eigenvalue weighted by molar-refractivity contribution is 0.112. The highest BCUT2D eigenvalue weighted by Crippen LogP contribution is 2.30. The number of anilines is 1. The maximum absolute atomic E-state index is 12.2. The van der Waals surface area contributed by atoms with Gasteiger partial charge in [-0.2, -0.15) is 0 Å². The van der Waals surface area contributed by atoms with E-state index in [-0.39, 0.29) is 12.1 Å². The first kappa shape index (κ1) is 14.3. The van der Waals surface area contributed by atoms with Crippen LogP contribution in [0.3, 0.4) is 0 Å². The average molecular weight is 294 g/mol. The highest BCUT2D eigenvalue weighted by molar-refractivity contribution is 5.92. The first-order valence-corrected chi connectivity index (χ1v) is 7.39. The molecule has 22 heavy (non-hydrogen) atoms. The van der Waals surface area contributed by atoms with Gasteiger partial charge >= 0.3 is 6.03 Å². The second kappa shape index (κ2) is 6.02. The molecule has 0 bridgehead atoms. The van der Waals surface area contributed by atoms with E-state index in [0.29, 0.717) is 11.3 Å². The van der Waals surface area contributed by atoms with Gasteiger partial charge in [0.05, 0.1) is 6.04 Å². The predicted molar refractivity (Wildman–Crippen MR) is 86.2 cm³/mol. The average Bonchev–Trinajstić information content (AvgIpc) is 2.93. The van der Waals surface area contributed by atoms with Gasteiger partial charge in [0.2, 0.25) is 0 Å². The Morgan fingerprint density at radius 1 is 1.18 bits per heavy atom. The smallest absolute Gasteiger partial charge is 0.319 e. The normalized spacial score (nSPS) is 16.0. The Morgan fingerprint density at radius 3 is 2.82 bits per heavy atom. The number of aryl methyl sites for hydroxylation is 1. The van der Waals surface area contributed by atoms with E-state index in [9.17, 15) is 9.59 Å². The topological polar surface area (TPSA) is 58.2 Å². The maximum Gasteiger partial charge on any atom is 0.319 e. The number of benzene rings is 2. The van der Waals surface area contributed by atoms with Crippen molar-refractivity contribution in [1.29, 1.82) is 0 Å². The maximum atomic E-state index is 12.2. The van der Waals surface area contributed by atoms with Crippen LogP contribution in [0, 0.1) is 6.92 Å². The van der Waals surface area contributed by atoms with Crippen LogP contribution in [0.1, 0.15) is 39.5 Å². The summed E-state index contributed by atoms with van der Waals surface area (Å²) in [6.45, 7) is 1.82. The van der Waals surface area contributed by atoms with E-state index in [4.69, 9.17) is 0 Å². The summed E-state index contributed by atoms with van der Waals surface area (Å²) in [6.07, 6.45) is 2.70. The summed E-state index contributed by atoms with van der Waals surface area (Å²) in [5, 5.41) is 5.84. The molecule has 3 rings (SSSR count). The van der Waals surface area contributed by atoms with E-state index in [1.807, 2.05) is 19.1 Å². The fourth-order valence-corrected chi connectivity index (χ4v) is 2.94. The fourth-order valence-electron chi connectivity index (χ4n) is 2.94. The monoisotopic (exact) mass is 294 g/mol. The number of carbonyl (C=O) groups excluding carboxylic acids is 2. The van der Waals surface area contributed by atoms with Crippen molar-refractivity contribution in [3.8, 4) is 0 Å². The quantitative estimate of drug-likeness (QED) is 0.849.